The molecule has 5 heteroatoms. The zero-order chi connectivity index (χ0) is 17.8. The van der Waals surface area contributed by atoms with E-state index in [0.29, 0.717) is 0 Å². The third kappa shape index (κ3) is 3.01. The highest BCUT2D eigenvalue weighted by Crippen LogP contribution is 2.36. The largest absolute Gasteiger partial charge is 0.494 e. The number of aromatic nitrogens is 1. The molecule has 0 atom stereocenters. The molecule has 1 aromatic heterocycles. The van der Waals surface area contributed by atoms with Gasteiger partial charge in [-0.05, 0) is 56.5 Å². The Hall–Kier alpha value is -1.30. The molecule has 128 valence electrons. The van der Waals surface area contributed by atoms with Gasteiger partial charge in [-0.15, -0.1) is 0 Å². The van der Waals surface area contributed by atoms with Crippen molar-refractivity contribution in [2.24, 2.45) is 0 Å². The molecule has 24 heavy (non-hydrogen) atoms. The molecule has 0 unspecified atom stereocenters. The fourth-order valence-electron chi connectivity index (χ4n) is 3.00. The molecule has 0 N–H and O–H groups in total. The van der Waals surface area contributed by atoms with E-state index in [1.807, 2.05) is 0 Å². The van der Waals surface area contributed by atoms with Gasteiger partial charge in [-0.2, -0.15) is 0 Å². The summed E-state index contributed by atoms with van der Waals surface area (Å²) in [5.74, 6) is 0. The van der Waals surface area contributed by atoms with Crippen molar-refractivity contribution < 1.29 is 9.31 Å². The zero-order valence-corrected chi connectivity index (χ0v) is 16.9. The van der Waals surface area contributed by atoms with Crippen LogP contribution in [0.1, 0.15) is 27.7 Å². The van der Waals surface area contributed by atoms with Crippen LogP contribution in [-0.4, -0.2) is 31.0 Å². The Morgan fingerprint density at radius 2 is 1.46 bits per heavy atom. The maximum atomic E-state index is 6.23. The van der Waals surface area contributed by atoms with Gasteiger partial charge in [0, 0.05) is 18.1 Å². The molecule has 1 aliphatic rings. The van der Waals surface area contributed by atoms with Crippen molar-refractivity contribution in [2.45, 2.75) is 58.5 Å². The minimum absolute atomic E-state index is 0.302. The Kier molecular flexibility index (Phi) is 4.10. The zero-order valence-electron chi connectivity index (χ0n) is 15.9. The first-order chi connectivity index (χ1) is 11.0. The van der Waals surface area contributed by atoms with Crippen molar-refractivity contribution in [3.05, 3.63) is 42.7 Å². The van der Waals surface area contributed by atoms with E-state index in [9.17, 15) is 0 Å². The molecule has 0 saturated carbocycles. The number of rotatable bonds is 3. The van der Waals surface area contributed by atoms with Crippen molar-refractivity contribution in [1.29, 1.82) is 0 Å². The van der Waals surface area contributed by atoms with Crippen molar-refractivity contribution in [3.8, 4) is 5.69 Å². The molecule has 0 radical (unpaired) electrons. The molecular weight excluding hydrogens is 313 g/mol. The minimum atomic E-state index is -1.52. The molecule has 0 spiro atoms. The first-order valence-corrected chi connectivity index (χ1v) is 12.1. The maximum absolute atomic E-state index is 6.23. The molecule has 2 heterocycles. The van der Waals surface area contributed by atoms with Crippen LogP contribution in [0.5, 0.6) is 0 Å². The summed E-state index contributed by atoms with van der Waals surface area (Å²) in [7, 11) is -1.82. The fraction of sp³-hybridized carbons (Fsp3) is 0.474. The lowest BCUT2D eigenvalue weighted by atomic mass is 9.79. The van der Waals surface area contributed by atoms with Crippen LogP contribution in [0.15, 0.2) is 42.7 Å². The van der Waals surface area contributed by atoms with Gasteiger partial charge < -0.3 is 13.9 Å². The third-order valence-corrected chi connectivity index (χ3v) is 7.25. The van der Waals surface area contributed by atoms with E-state index >= 15 is 0 Å². The lowest BCUT2D eigenvalue weighted by Gasteiger charge is -2.32. The summed E-state index contributed by atoms with van der Waals surface area (Å²) in [6.45, 7) is 15.5. The Balaban J connectivity index is 2.03. The number of nitrogens with zero attached hydrogens (tertiary/aromatic N) is 1. The highest BCUT2D eigenvalue weighted by atomic mass is 28.3. The molecule has 1 aromatic carbocycles. The minimum Gasteiger partial charge on any atom is -0.399 e. The summed E-state index contributed by atoms with van der Waals surface area (Å²) >= 11 is 0. The molecular formula is C19H28BNO2Si. The van der Waals surface area contributed by atoms with Gasteiger partial charge in [0.2, 0.25) is 0 Å². The van der Waals surface area contributed by atoms with E-state index in [1.54, 1.807) is 0 Å². The molecule has 3 nitrogen and oxygen atoms in total. The Morgan fingerprint density at radius 3 is 1.96 bits per heavy atom. The number of hydrogen-bond donors (Lipinski definition) is 0. The van der Waals surface area contributed by atoms with Crippen molar-refractivity contribution in [2.75, 3.05) is 0 Å². The lowest BCUT2D eigenvalue weighted by Crippen LogP contribution is -2.45. The highest BCUT2D eigenvalue weighted by molar-refractivity contribution is 6.89. The smallest absolute Gasteiger partial charge is 0.399 e. The van der Waals surface area contributed by atoms with Crippen LogP contribution in [0, 0.1) is 0 Å². The second kappa shape index (κ2) is 5.61. The summed E-state index contributed by atoms with van der Waals surface area (Å²) in [6, 6.07) is 10.8. The van der Waals surface area contributed by atoms with E-state index in [0.717, 1.165) is 5.46 Å². The second-order valence-electron chi connectivity index (χ2n) is 8.71. The molecule has 0 bridgehead atoms. The van der Waals surface area contributed by atoms with Crippen LogP contribution in [0.25, 0.3) is 5.69 Å². The quantitative estimate of drug-likeness (QED) is 0.800. The summed E-state index contributed by atoms with van der Waals surface area (Å²) < 4.78 is 14.7. The molecule has 1 aliphatic heterocycles. The van der Waals surface area contributed by atoms with Crippen LogP contribution < -0.4 is 10.6 Å². The highest BCUT2D eigenvalue weighted by Gasteiger charge is 2.51. The van der Waals surface area contributed by atoms with Gasteiger partial charge in [0.25, 0.3) is 0 Å². The van der Waals surface area contributed by atoms with Crippen molar-refractivity contribution in [3.63, 3.8) is 0 Å². The fourth-order valence-corrected chi connectivity index (χ4v) is 4.58. The Bertz CT molecular complexity index is 716. The first-order valence-electron chi connectivity index (χ1n) is 8.65. The van der Waals surface area contributed by atoms with Gasteiger partial charge in [-0.1, -0.05) is 31.8 Å². The van der Waals surface area contributed by atoms with E-state index in [-0.39, 0.29) is 18.3 Å². The predicted molar refractivity (Wildman–Crippen MR) is 104 cm³/mol. The summed E-state index contributed by atoms with van der Waals surface area (Å²) in [4.78, 5) is 0. The van der Waals surface area contributed by atoms with Gasteiger partial charge >= 0.3 is 7.12 Å². The summed E-state index contributed by atoms with van der Waals surface area (Å²) in [5.41, 5.74) is 1.76. The van der Waals surface area contributed by atoms with Gasteiger partial charge in [-0.25, -0.2) is 0 Å². The Labute approximate surface area is 147 Å². The number of benzene rings is 1. The van der Waals surface area contributed by atoms with E-state index in [1.165, 1.54) is 10.9 Å². The maximum Gasteiger partial charge on any atom is 0.494 e. The van der Waals surface area contributed by atoms with E-state index in [4.69, 9.17) is 9.31 Å². The molecule has 3 rings (SSSR count). The molecule has 0 aliphatic carbocycles. The Morgan fingerprint density at radius 1 is 0.917 bits per heavy atom. The SMILES string of the molecule is CC1(C)OB(c2ccc(-n3cccc3)c([Si](C)(C)C)c2)OC1(C)C. The molecule has 1 fully saturated rings. The van der Waals surface area contributed by atoms with Crippen LogP contribution in [0.4, 0.5) is 0 Å². The molecule has 0 amide bonds. The van der Waals surface area contributed by atoms with Crippen LogP contribution in [0.3, 0.4) is 0 Å². The molecule has 1 saturated heterocycles. The normalized spacial score (nSPS) is 19.7. The van der Waals surface area contributed by atoms with Gasteiger partial charge in [0.1, 0.15) is 0 Å². The predicted octanol–water partition coefficient (Wildman–Crippen LogP) is 3.32. The monoisotopic (exact) mass is 341 g/mol. The van der Waals surface area contributed by atoms with E-state index in [2.05, 4.69) is 94.6 Å². The van der Waals surface area contributed by atoms with Crippen molar-refractivity contribution >= 4 is 25.8 Å². The van der Waals surface area contributed by atoms with Gasteiger partial charge in [-0.3, -0.25) is 0 Å². The third-order valence-electron chi connectivity index (χ3n) is 5.24. The lowest BCUT2D eigenvalue weighted by molar-refractivity contribution is 0.00578. The summed E-state index contributed by atoms with van der Waals surface area (Å²) in [5, 5.41) is 1.42. The number of hydrogen-bond acceptors (Lipinski definition) is 2. The topological polar surface area (TPSA) is 23.4 Å². The van der Waals surface area contributed by atoms with Gasteiger partial charge in [0.15, 0.2) is 0 Å². The van der Waals surface area contributed by atoms with E-state index < -0.39 is 8.07 Å². The summed E-state index contributed by atoms with van der Waals surface area (Å²) in [6.07, 6.45) is 4.21. The average Bonchev–Trinajstić information content (AvgIpc) is 3.04. The van der Waals surface area contributed by atoms with Crippen LogP contribution in [-0.2, 0) is 9.31 Å². The second-order valence-corrected chi connectivity index (χ2v) is 13.7. The van der Waals surface area contributed by atoms with Crippen LogP contribution in [0.2, 0.25) is 19.6 Å². The molecule has 2 aromatic rings. The standard InChI is InChI=1S/C19H28BNO2Si/c1-18(2)19(3,4)23-20(22-18)15-10-11-16(21-12-8-9-13-21)17(14-15)24(5,6)7/h8-14H,1-7H3. The van der Waals surface area contributed by atoms with Crippen LogP contribution >= 0.6 is 0 Å². The van der Waals surface area contributed by atoms with Crippen molar-refractivity contribution in [1.82, 2.24) is 4.57 Å². The first kappa shape index (κ1) is 17.5. The average molecular weight is 341 g/mol. The van der Waals surface area contributed by atoms with Gasteiger partial charge in [0.05, 0.1) is 19.3 Å².